The standard InChI is InChI=1S/C9H10N8O/c10-4-1-12-17(2-4)3-5-13-6-7(14-5)15-9(11)16-8(6)18/h1-2H,3,10H2,(H4,11,13,14,15,16,18). The van der Waals surface area contributed by atoms with E-state index in [9.17, 15) is 4.79 Å². The number of nitrogens with zero attached hydrogens (tertiary/aromatic N) is 4. The summed E-state index contributed by atoms with van der Waals surface area (Å²) >= 11 is 0. The van der Waals surface area contributed by atoms with Crippen molar-refractivity contribution in [1.82, 2.24) is 29.7 Å². The number of H-pyrrole nitrogens is 2. The molecule has 0 fully saturated rings. The first-order valence-corrected chi connectivity index (χ1v) is 5.14. The van der Waals surface area contributed by atoms with Gasteiger partial charge in [0.15, 0.2) is 11.2 Å². The Balaban J connectivity index is 2.03. The molecule has 0 bridgehead atoms. The SMILES string of the molecule is Nc1cnn(Cc2nc3nc(N)[nH]c(=O)c3[nH]2)c1. The Bertz CT molecular complexity index is 766. The molecule has 0 amide bonds. The Kier molecular flexibility index (Phi) is 2.06. The highest BCUT2D eigenvalue weighted by Crippen LogP contribution is 2.07. The van der Waals surface area contributed by atoms with E-state index in [0.717, 1.165) is 0 Å². The largest absolute Gasteiger partial charge is 0.396 e. The molecule has 0 radical (unpaired) electrons. The van der Waals surface area contributed by atoms with E-state index >= 15 is 0 Å². The molecular formula is C9H10N8O. The predicted molar refractivity (Wildman–Crippen MR) is 64.7 cm³/mol. The number of nitrogen functional groups attached to an aromatic ring is 2. The van der Waals surface area contributed by atoms with E-state index in [1.807, 2.05) is 0 Å². The fraction of sp³-hybridized carbons (Fsp3) is 0.111. The molecule has 0 atom stereocenters. The number of aromatic nitrogens is 6. The van der Waals surface area contributed by atoms with E-state index < -0.39 is 0 Å². The molecule has 9 heteroatoms. The van der Waals surface area contributed by atoms with Crippen LogP contribution in [0.4, 0.5) is 11.6 Å². The summed E-state index contributed by atoms with van der Waals surface area (Å²) in [4.78, 5) is 24.9. The summed E-state index contributed by atoms with van der Waals surface area (Å²) in [7, 11) is 0. The Morgan fingerprint density at radius 3 is 2.83 bits per heavy atom. The van der Waals surface area contributed by atoms with Crippen LogP contribution in [-0.4, -0.2) is 29.7 Å². The van der Waals surface area contributed by atoms with Crippen LogP contribution in [0.5, 0.6) is 0 Å². The first-order chi connectivity index (χ1) is 8.61. The summed E-state index contributed by atoms with van der Waals surface area (Å²) < 4.78 is 1.60. The lowest BCUT2D eigenvalue weighted by Gasteiger charge is -1.95. The summed E-state index contributed by atoms with van der Waals surface area (Å²) in [6.45, 7) is 0.368. The average molecular weight is 246 g/mol. The number of hydrogen-bond donors (Lipinski definition) is 4. The Hall–Kier alpha value is -2.84. The molecular weight excluding hydrogens is 236 g/mol. The van der Waals surface area contributed by atoms with Gasteiger partial charge in [-0.2, -0.15) is 10.1 Å². The second kappa shape index (κ2) is 3.58. The third kappa shape index (κ3) is 1.67. The molecule has 3 heterocycles. The van der Waals surface area contributed by atoms with Crippen LogP contribution in [0, 0.1) is 0 Å². The first kappa shape index (κ1) is 10.3. The number of imidazole rings is 1. The highest BCUT2D eigenvalue weighted by atomic mass is 16.1. The maximum absolute atomic E-state index is 11.6. The lowest BCUT2D eigenvalue weighted by molar-refractivity contribution is 0.663. The van der Waals surface area contributed by atoms with Crippen LogP contribution in [-0.2, 0) is 6.54 Å². The van der Waals surface area contributed by atoms with Crippen molar-refractivity contribution in [3.63, 3.8) is 0 Å². The van der Waals surface area contributed by atoms with Gasteiger partial charge in [0, 0.05) is 6.20 Å². The summed E-state index contributed by atoms with van der Waals surface area (Å²) in [6, 6.07) is 0. The van der Waals surface area contributed by atoms with Crippen LogP contribution >= 0.6 is 0 Å². The van der Waals surface area contributed by atoms with Crippen LogP contribution < -0.4 is 17.0 Å². The van der Waals surface area contributed by atoms with Gasteiger partial charge in [-0.15, -0.1) is 0 Å². The molecule has 0 aliphatic rings. The van der Waals surface area contributed by atoms with Crippen LogP contribution in [0.1, 0.15) is 5.82 Å². The molecule has 3 rings (SSSR count). The van der Waals surface area contributed by atoms with Crippen LogP contribution in [0.2, 0.25) is 0 Å². The Morgan fingerprint density at radius 2 is 2.11 bits per heavy atom. The molecule has 9 nitrogen and oxygen atoms in total. The van der Waals surface area contributed by atoms with Gasteiger partial charge in [0.05, 0.1) is 18.4 Å². The number of rotatable bonds is 2. The Labute approximate surface area is 99.9 Å². The molecule has 0 saturated heterocycles. The quantitative estimate of drug-likeness (QED) is 0.459. The van der Waals surface area contributed by atoms with Gasteiger partial charge in [-0.1, -0.05) is 0 Å². The van der Waals surface area contributed by atoms with Gasteiger partial charge < -0.3 is 16.5 Å². The van der Waals surface area contributed by atoms with Crippen molar-refractivity contribution < 1.29 is 0 Å². The highest BCUT2D eigenvalue weighted by molar-refractivity contribution is 5.70. The minimum Gasteiger partial charge on any atom is -0.396 e. The number of nitrogens with two attached hydrogens (primary N) is 2. The molecule has 0 saturated carbocycles. The maximum atomic E-state index is 11.6. The smallest absolute Gasteiger partial charge is 0.278 e. The minimum atomic E-state index is -0.351. The highest BCUT2D eigenvalue weighted by Gasteiger charge is 2.09. The number of anilines is 2. The van der Waals surface area contributed by atoms with Crippen LogP contribution in [0.25, 0.3) is 11.2 Å². The zero-order valence-electron chi connectivity index (χ0n) is 9.21. The van der Waals surface area contributed by atoms with Gasteiger partial charge in [-0.3, -0.25) is 14.5 Å². The molecule has 3 aromatic rings. The first-order valence-electron chi connectivity index (χ1n) is 5.14. The molecule has 0 aliphatic heterocycles. The summed E-state index contributed by atoms with van der Waals surface area (Å²) in [5.74, 6) is 0.589. The fourth-order valence-electron chi connectivity index (χ4n) is 1.67. The van der Waals surface area contributed by atoms with E-state index in [1.54, 1.807) is 10.9 Å². The maximum Gasteiger partial charge on any atom is 0.278 e. The zero-order chi connectivity index (χ0) is 12.7. The Morgan fingerprint density at radius 1 is 1.28 bits per heavy atom. The monoisotopic (exact) mass is 246 g/mol. The number of nitrogens with one attached hydrogen (secondary N) is 2. The number of fused-ring (bicyclic) bond motifs is 1. The molecule has 6 N–H and O–H groups in total. The van der Waals surface area contributed by atoms with Gasteiger partial charge in [0.2, 0.25) is 5.95 Å². The van der Waals surface area contributed by atoms with Crippen molar-refractivity contribution in [3.8, 4) is 0 Å². The van der Waals surface area contributed by atoms with Gasteiger partial charge in [-0.25, -0.2) is 4.98 Å². The van der Waals surface area contributed by atoms with E-state index in [4.69, 9.17) is 11.5 Å². The van der Waals surface area contributed by atoms with Gasteiger partial charge >= 0.3 is 0 Å². The van der Waals surface area contributed by atoms with Crippen molar-refractivity contribution in [2.24, 2.45) is 0 Å². The van der Waals surface area contributed by atoms with Crippen molar-refractivity contribution in [2.45, 2.75) is 6.54 Å². The molecule has 18 heavy (non-hydrogen) atoms. The lowest BCUT2D eigenvalue weighted by Crippen LogP contribution is -2.10. The minimum absolute atomic E-state index is 0.0360. The van der Waals surface area contributed by atoms with Crippen molar-refractivity contribution in [3.05, 3.63) is 28.6 Å². The lowest BCUT2D eigenvalue weighted by atomic mass is 10.5. The van der Waals surface area contributed by atoms with E-state index in [0.29, 0.717) is 23.6 Å². The van der Waals surface area contributed by atoms with Gasteiger partial charge in [0.25, 0.3) is 5.56 Å². The van der Waals surface area contributed by atoms with E-state index in [1.165, 1.54) is 6.20 Å². The predicted octanol–water partition coefficient (Wildman–Crippen LogP) is -0.945. The summed E-state index contributed by atoms with van der Waals surface area (Å²) in [5, 5.41) is 4.02. The summed E-state index contributed by atoms with van der Waals surface area (Å²) in [5.41, 5.74) is 11.8. The second-order valence-corrected chi connectivity index (χ2v) is 3.80. The van der Waals surface area contributed by atoms with Gasteiger partial charge in [0.1, 0.15) is 5.82 Å². The fourth-order valence-corrected chi connectivity index (χ4v) is 1.67. The summed E-state index contributed by atoms with van der Waals surface area (Å²) in [6.07, 6.45) is 3.20. The molecule has 3 aromatic heterocycles. The topological polar surface area (TPSA) is 144 Å². The molecule has 0 aromatic carbocycles. The zero-order valence-corrected chi connectivity index (χ0v) is 9.21. The van der Waals surface area contributed by atoms with E-state index in [-0.39, 0.29) is 17.2 Å². The molecule has 92 valence electrons. The third-order valence-electron chi connectivity index (χ3n) is 2.39. The third-order valence-corrected chi connectivity index (χ3v) is 2.39. The molecule has 0 aliphatic carbocycles. The second-order valence-electron chi connectivity index (χ2n) is 3.80. The van der Waals surface area contributed by atoms with E-state index in [2.05, 4.69) is 25.0 Å². The van der Waals surface area contributed by atoms with Crippen molar-refractivity contribution in [2.75, 3.05) is 11.5 Å². The molecule has 0 spiro atoms. The molecule has 0 unspecified atom stereocenters. The van der Waals surface area contributed by atoms with Crippen molar-refractivity contribution >= 4 is 22.8 Å². The number of hydrogen-bond acceptors (Lipinski definition) is 6. The van der Waals surface area contributed by atoms with Crippen molar-refractivity contribution in [1.29, 1.82) is 0 Å². The van der Waals surface area contributed by atoms with Crippen LogP contribution in [0.3, 0.4) is 0 Å². The number of aromatic amines is 2. The van der Waals surface area contributed by atoms with Crippen LogP contribution in [0.15, 0.2) is 17.2 Å². The average Bonchev–Trinajstić information content (AvgIpc) is 2.85. The van der Waals surface area contributed by atoms with Gasteiger partial charge in [-0.05, 0) is 0 Å². The normalized spacial score (nSPS) is 11.1.